The third-order valence-electron chi connectivity index (χ3n) is 6.81. The molecule has 1 N–H and O–H groups in total. The highest BCUT2D eigenvalue weighted by molar-refractivity contribution is 6.39. The lowest BCUT2D eigenvalue weighted by molar-refractivity contribution is -0.122. The maximum absolute atomic E-state index is 13.3. The first-order valence-electron chi connectivity index (χ1n) is 11.6. The molecular weight excluding hydrogens is 430 g/mol. The van der Waals surface area contributed by atoms with E-state index in [1.807, 2.05) is 13.8 Å². The molecule has 0 aromatic heterocycles. The van der Waals surface area contributed by atoms with Gasteiger partial charge in [0.1, 0.15) is 11.3 Å². The molecule has 0 saturated carbocycles. The molecule has 7 nitrogen and oxygen atoms in total. The lowest BCUT2D eigenvalue weighted by atomic mass is 9.79. The second kappa shape index (κ2) is 8.63. The van der Waals surface area contributed by atoms with Crippen molar-refractivity contribution in [3.05, 3.63) is 58.7 Å². The van der Waals surface area contributed by atoms with Crippen molar-refractivity contribution in [2.24, 2.45) is 0 Å². The molecular formula is C27H31N3O4. The fourth-order valence-electron chi connectivity index (χ4n) is 4.82. The number of carbonyl (C=O) groups is 3. The summed E-state index contributed by atoms with van der Waals surface area (Å²) in [4.78, 5) is 41.9. The highest BCUT2D eigenvalue weighted by Gasteiger charge is 2.38. The predicted molar refractivity (Wildman–Crippen MR) is 133 cm³/mol. The summed E-state index contributed by atoms with van der Waals surface area (Å²) in [5.41, 5.74) is 4.37. The van der Waals surface area contributed by atoms with Crippen LogP contribution in [-0.4, -0.2) is 37.0 Å². The van der Waals surface area contributed by atoms with Gasteiger partial charge in [-0.05, 0) is 87.1 Å². The van der Waals surface area contributed by atoms with Gasteiger partial charge in [0.2, 0.25) is 0 Å². The van der Waals surface area contributed by atoms with Crippen LogP contribution in [0.15, 0.2) is 42.0 Å². The summed E-state index contributed by atoms with van der Waals surface area (Å²) in [6.45, 7) is 10.9. The Hall–Kier alpha value is -3.61. The maximum atomic E-state index is 13.3. The lowest BCUT2D eigenvalue weighted by Gasteiger charge is -2.45. The first-order chi connectivity index (χ1) is 16.0. The Balaban J connectivity index is 1.75. The van der Waals surface area contributed by atoms with Crippen LogP contribution in [0.1, 0.15) is 56.7 Å². The van der Waals surface area contributed by atoms with E-state index < -0.39 is 17.8 Å². The fourth-order valence-corrected chi connectivity index (χ4v) is 4.82. The highest BCUT2D eigenvalue weighted by atomic mass is 16.5. The van der Waals surface area contributed by atoms with Gasteiger partial charge in [0.15, 0.2) is 0 Å². The van der Waals surface area contributed by atoms with E-state index >= 15 is 0 Å². The van der Waals surface area contributed by atoms with E-state index in [2.05, 4.69) is 50.2 Å². The van der Waals surface area contributed by atoms with Gasteiger partial charge in [0.25, 0.3) is 11.8 Å². The van der Waals surface area contributed by atoms with E-state index in [1.165, 1.54) is 5.56 Å². The molecule has 1 fully saturated rings. The highest BCUT2D eigenvalue weighted by Crippen LogP contribution is 2.43. The number of rotatable bonds is 4. The van der Waals surface area contributed by atoms with Crippen LogP contribution >= 0.6 is 0 Å². The first-order valence-corrected chi connectivity index (χ1v) is 11.6. The van der Waals surface area contributed by atoms with Gasteiger partial charge in [0.05, 0.1) is 12.3 Å². The number of urea groups is 1. The number of nitrogens with one attached hydrogen (secondary N) is 1. The van der Waals surface area contributed by atoms with Gasteiger partial charge in [-0.25, -0.2) is 9.69 Å². The largest absolute Gasteiger partial charge is 0.494 e. The summed E-state index contributed by atoms with van der Waals surface area (Å²) in [7, 11) is 2.10. The molecule has 2 aliphatic heterocycles. The van der Waals surface area contributed by atoms with Crippen LogP contribution in [0.25, 0.3) is 6.08 Å². The molecule has 0 radical (unpaired) electrons. The number of barbiturate groups is 1. The van der Waals surface area contributed by atoms with Crippen molar-refractivity contribution >= 4 is 35.3 Å². The monoisotopic (exact) mass is 461 g/mol. The van der Waals surface area contributed by atoms with Gasteiger partial charge in [-0.1, -0.05) is 13.0 Å². The van der Waals surface area contributed by atoms with Gasteiger partial charge in [0, 0.05) is 24.3 Å². The number of nitrogens with zero attached hydrogens (tertiary/aromatic N) is 2. The molecule has 2 heterocycles. The van der Waals surface area contributed by atoms with Crippen LogP contribution in [0.4, 0.5) is 16.2 Å². The molecule has 7 heteroatoms. The second-order valence-electron chi connectivity index (χ2n) is 9.63. The Morgan fingerprint density at radius 2 is 1.91 bits per heavy atom. The average Bonchev–Trinajstić information content (AvgIpc) is 2.76. The molecule has 1 saturated heterocycles. The zero-order valence-electron chi connectivity index (χ0n) is 20.6. The number of hydrogen-bond acceptors (Lipinski definition) is 5. The number of aryl methyl sites for hydroxylation is 1. The van der Waals surface area contributed by atoms with Crippen molar-refractivity contribution in [1.29, 1.82) is 0 Å². The zero-order chi connectivity index (χ0) is 24.8. The summed E-state index contributed by atoms with van der Waals surface area (Å²) < 4.78 is 5.50. The van der Waals surface area contributed by atoms with E-state index in [0.29, 0.717) is 24.0 Å². The van der Waals surface area contributed by atoms with Crippen LogP contribution < -0.4 is 19.9 Å². The van der Waals surface area contributed by atoms with Crippen molar-refractivity contribution in [3.8, 4) is 5.75 Å². The minimum Gasteiger partial charge on any atom is -0.494 e. The summed E-state index contributed by atoms with van der Waals surface area (Å²) >= 11 is 0. The van der Waals surface area contributed by atoms with Crippen molar-refractivity contribution in [2.75, 3.05) is 23.5 Å². The number of hydrogen-bond donors (Lipinski definition) is 1. The molecule has 178 valence electrons. The maximum Gasteiger partial charge on any atom is 0.335 e. The van der Waals surface area contributed by atoms with E-state index in [-0.39, 0.29) is 11.1 Å². The average molecular weight is 462 g/mol. The number of ether oxygens (including phenoxy) is 1. The van der Waals surface area contributed by atoms with Crippen molar-refractivity contribution < 1.29 is 19.1 Å². The third-order valence-corrected chi connectivity index (χ3v) is 6.81. The molecule has 0 unspecified atom stereocenters. The van der Waals surface area contributed by atoms with Gasteiger partial charge in [-0.3, -0.25) is 14.9 Å². The standard InChI is InChI=1S/C27H31N3O4/c1-7-34-20-10-8-9-19(14-20)30-25(32)22(24(31)28-26(30)33)13-18-12-21-17(3)15-27(4,5)29(6)23(21)11-16(18)2/h8-14,17H,7,15H2,1-6H3,(H,28,31,33)/b22-13+/t17-/m0/s1. The normalized spacial score (nSPS) is 20.9. The summed E-state index contributed by atoms with van der Waals surface area (Å²) in [5.74, 6) is -0.495. The minimum atomic E-state index is -0.777. The Labute approximate surface area is 200 Å². The van der Waals surface area contributed by atoms with E-state index in [1.54, 1.807) is 30.3 Å². The lowest BCUT2D eigenvalue weighted by Crippen LogP contribution is -2.54. The van der Waals surface area contributed by atoms with Gasteiger partial charge in [-0.15, -0.1) is 0 Å². The summed E-state index contributed by atoms with van der Waals surface area (Å²) in [6, 6.07) is 10.1. The smallest absolute Gasteiger partial charge is 0.335 e. The molecule has 0 aliphatic carbocycles. The number of imide groups is 2. The fraction of sp³-hybridized carbons (Fsp3) is 0.370. The quantitative estimate of drug-likeness (QED) is 0.524. The third kappa shape index (κ3) is 4.06. The molecule has 2 aromatic rings. The number of carbonyl (C=O) groups excluding carboxylic acids is 3. The van der Waals surface area contributed by atoms with Crippen molar-refractivity contribution in [3.63, 3.8) is 0 Å². The van der Waals surface area contributed by atoms with Crippen molar-refractivity contribution in [2.45, 2.75) is 52.5 Å². The number of benzene rings is 2. The van der Waals surface area contributed by atoms with E-state index in [0.717, 1.165) is 28.1 Å². The van der Waals surface area contributed by atoms with Crippen LogP contribution in [0, 0.1) is 6.92 Å². The Morgan fingerprint density at radius 3 is 2.62 bits per heavy atom. The van der Waals surface area contributed by atoms with Crippen LogP contribution in [0.3, 0.4) is 0 Å². The molecule has 0 bridgehead atoms. The second-order valence-corrected chi connectivity index (χ2v) is 9.63. The SMILES string of the molecule is CCOc1cccc(N2C(=O)NC(=O)/C(=C\c3cc4c(cc3C)N(C)C(C)(C)C[C@@H]4C)C2=O)c1. The molecule has 4 rings (SSSR count). The number of anilines is 2. The zero-order valence-corrected chi connectivity index (χ0v) is 20.6. The van der Waals surface area contributed by atoms with Gasteiger partial charge < -0.3 is 9.64 Å². The summed E-state index contributed by atoms with van der Waals surface area (Å²) in [6.07, 6.45) is 2.58. The predicted octanol–water partition coefficient (Wildman–Crippen LogP) is 4.78. The molecule has 1 atom stereocenters. The van der Waals surface area contributed by atoms with Crippen LogP contribution in [0.2, 0.25) is 0 Å². The topological polar surface area (TPSA) is 79.0 Å². The Morgan fingerprint density at radius 1 is 1.18 bits per heavy atom. The van der Waals surface area contributed by atoms with E-state index in [4.69, 9.17) is 4.74 Å². The minimum absolute atomic E-state index is 0.0367. The Kier molecular flexibility index (Phi) is 5.98. The number of fused-ring (bicyclic) bond motifs is 1. The van der Waals surface area contributed by atoms with E-state index in [9.17, 15) is 14.4 Å². The summed E-state index contributed by atoms with van der Waals surface area (Å²) in [5, 5.41) is 2.30. The number of amides is 4. The molecule has 0 spiro atoms. The molecule has 4 amide bonds. The van der Waals surface area contributed by atoms with Gasteiger partial charge >= 0.3 is 6.03 Å². The Bertz CT molecular complexity index is 1210. The molecule has 2 aromatic carbocycles. The van der Waals surface area contributed by atoms with Crippen LogP contribution in [0.5, 0.6) is 5.75 Å². The van der Waals surface area contributed by atoms with Crippen LogP contribution in [-0.2, 0) is 9.59 Å². The molecule has 2 aliphatic rings. The molecule has 34 heavy (non-hydrogen) atoms. The first kappa shape index (κ1) is 23.5. The van der Waals surface area contributed by atoms with Crippen molar-refractivity contribution in [1.82, 2.24) is 5.32 Å². The van der Waals surface area contributed by atoms with Gasteiger partial charge in [-0.2, -0.15) is 0 Å².